The van der Waals surface area contributed by atoms with Crippen molar-refractivity contribution in [3.8, 4) is 11.4 Å². The average Bonchev–Trinajstić information content (AvgIpc) is 2.71. The summed E-state index contributed by atoms with van der Waals surface area (Å²) in [5.74, 6) is -0.0687. The molecule has 0 aliphatic carbocycles. The fourth-order valence-corrected chi connectivity index (χ4v) is 3.31. The van der Waals surface area contributed by atoms with Crippen LogP contribution in [0.15, 0.2) is 58.3 Å². The lowest BCUT2D eigenvalue weighted by atomic mass is 10.1. The number of hydrogen-bond acceptors (Lipinski definition) is 4. The maximum atomic E-state index is 13.3. The first kappa shape index (κ1) is 19.0. The first-order valence-electron chi connectivity index (χ1n) is 8.82. The highest BCUT2D eigenvalue weighted by molar-refractivity contribution is 6.31. The maximum Gasteiger partial charge on any atom is 0.332 e. The van der Waals surface area contributed by atoms with Crippen LogP contribution >= 0.6 is 11.6 Å². The Morgan fingerprint density at radius 1 is 1.10 bits per heavy atom. The van der Waals surface area contributed by atoms with Crippen molar-refractivity contribution >= 4 is 22.6 Å². The Bertz CT molecular complexity index is 1360. The van der Waals surface area contributed by atoms with E-state index in [0.717, 1.165) is 21.8 Å². The van der Waals surface area contributed by atoms with Crippen LogP contribution in [0.2, 0.25) is 5.02 Å². The van der Waals surface area contributed by atoms with Gasteiger partial charge in [-0.15, -0.1) is 0 Å². The molecule has 2 aromatic heterocycles. The summed E-state index contributed by atoms with van der Waals surface area (Å²) in [6, 6.07) is 11.5. The summed E-state index contributed by atoms with van der Waals surface area (Å²) < 4.78 is 15.6. The Hall–Kier alpha value is -3.32. The second kappa shape index (κ2) is 7.25. The van der Waals surface area contributed by atoms with Crippen LogP contribution < -0.4 is 11.2 Å². The summed E-state index contributed by atoms with van der Waals surface area (Å²) in [4.78, 5) is 34.5. The number of hydrogen-bond donors (Lipinski definition) is 0. The number of rotatable bonds is 3. The van der Waals surface area contributed by atoms with Crippen molar-refractivity contribution in [1.29, 1.82) is 0 Å². The molecule has 0 unspecified atom stereocenters. The summed E-state index contributed by atoms with van der Waals surface area (Å²) in [5.41, 5.74) is 1.52. The molecule has 146 valence electrons. The predicted molar refractivity (Wildman–Crippen MR) is 110 cm³/mol. The molecule has 0 bridgehead atoms. The van der Waals surface area contributed by atoms with Crippen LogP contribution in [-0.4, -0.2) is 19.1 Å². The van der Waals surface area contributed by atoms with E-state index in [0.29, 0.717) is 11.4 Å². The minimum absolute atomic E-state index is 0.0831. The zero-order valence-corrected chi connectivity index (χ0v) is 16.4. The number of halogens is 2. The first-order valence-corrected chi connectivity index (χ1v) is 9.20. The van der Waals surface area contributed by atoms with Crippen molar-refractivity contribution in [2.45, 2.75) is 13.5 Å². The lowest BCUT2D eigenvalue weighted by molar-refractivity contribution is 0.623. The molecule has 0 saturated heterocycles. The van der Waals surface area contributed by atoms with Gasteiger partial charge in [0.25, 0.3) is 5.56 Å². The van der Waals surface area contributed by atoms with Crippen LogP contribution in [0.5, 0.6) is 0 Å². The molecule has 0 aliphatic heterocycles. The van der Waals surface area contributed by atoms with E-state index in [1.807, 2.05) is 31.2 Å². The van der Waals surface area contributed by atoms with Crippen LogP contribution in [0.25, 0.3) is 22.4 Å². The molecule has 6 nitrogen and oxygen atoms in total. The monoisotopic (exact) mass is 410 g/mol. The van der Waals surface area contributed by atoms with Gasteiger partial charge in [0.1, 0.15) is 11.2 Å². The summed E-state index contributed by atoms with van der Waals surface area (Å²) in [6.45, 7) is 1.89. The molecule has 0 fully saturated rings. The summed E-state index contributed by atoms with van der Waals surface area (Å²) in [6.07, 6.45) is 1.42. The van der Waals surface area contributed by atoms with Gasteiger partial charge in [-0.1, -0.05) is 47.5 Å². The summed E-state index contributed by atoms with van der Waals surface area (Å²) in [7, 11) is 1.54. The average molecular weight is 411 g/mol. The third-order valence-corrected chi connectivity index (χ3v) is 5.08. The summed E-state index contributed by atoms with van der Waals surface area (Å²) >= 11 is 6.05. The van der Waals surface area contributed by atoms with Crippen LogP contribution in [0.3, 0.4) is 0 Å². The Kier molecular flexibility index (Phi) is 4.76. The first-order chi connectivity index (χ1) is 13.8. The SMILES string of the molecule is Cc1ccc(-c2ncc3c(=O)n(Cc4ccc(F)cc4Cl)c(=O)n(C)c3n2)cc1. The van der Waals surface area contributed by atoms with Gasteiger partial charge >= 0.3 is 5.69 Å². The highest BCUT2D eigenvalue weighted by Crippen LogP contribution is 2.19. The largest absolute Gasteiger partial charge is 0.332 e. The van der Waals surface area contributed by atoms with Crippen molar-refractivity contribution in [2.24, 2.45) is 7.05 Å². The van der Waals surface area contributed by atoms with Crippen molar-refractivity contribution < 1.29 is 4.39 Å². The van der Waals surface area contributed by atoms with E-state index in [2.05, 4.69) is 9.97 Å². The standard InChI is InChI=1S/C21H16ClFN4O2/c1-12-3-5-13(6-4-12)18-24-10-16-19(25-18)26(2)21(29)27(20(16)28)11-14-7-8-15(23)9-17(14)22/h3-10H,11H2,1-2H3. The number of fused-ring (bicyclic) bond motifs is 1. The summed E-state index contributed by atoms with van der Waals surface area (Å²) in [5, 5.41) is 0.353. The Labute approximate surface area is 169 Å². The third kappa shape index (κ3) is 3.45. The van der Waals surface area contributed by atoms with E-state index < -0.39 is 17.1 Å². The van der Waals surface area contributed by atoms with Gasteiger partial charge in [0.2, 0.25) is 0 Å². The predicted octanol–water partition coefficient (Wildman–Crippen LogP) is 3.31. The molecule has 0 radical (unpaired) electrons. The smallest absolute Gasteiger partial charge is 0.280 e. The molecule has 29 heavy (non-hydrogen) atoms. The quantitative estimate of drug-likeness (QED) is 0.519. The Balaban J connectivity index is 1.86. The molecule has 0 spiro atoms. The normalized spacial score (nSPS) is 11.2. The molecule has 8 heteroatoms. The van der Waals surface area contributed by atoms with Gasteiger partial charge < -0.3 is 0 Å². The van der Waals surface area contributed by atoms with Crippen molar-refractivity contribution in [3.63, 3.8) is 0 Å². The topological polar surface area (TPSA) is 69.8 Å². The second-order valence-corrected chi connectivity index (χ2v) is 7.17. The van der Waals surface area contributed by atoms with Gasteiger partial charge in [0.15, 0.2) is 11.5 Å². The lowest BCUT2D eigenvalue weighted by Crippen LogP contribution is -2.39. The van der Waals surface area contributed by atoms with E-state index in [4.69, 9.17) is 11.6 Å². The molecule has 0 aliphatic rings. The van der Waals surface area contributed by atoms with E-state index in [9.17, 15) is 14.0 Å². The number of aryl methyl sites for hydroxylation is 2. The molecule has 0 saturated carbocycles. The van der Waals surface area contributed by atoms with Gasteiger partial charge in [0.05, 0.1) is 6.54 Å². The molecule has 0 amide bonds. The zero-order chi connectivity index (χ0) is 20.7. The second-order valence-electron chi connectivity index (χ2n) is 6.77. The minimum atomic E-state index is -0.545. The van der Waals surface area contributed by atoms with Gasteiger partial charge in [-0.3, -0.25) is 13.9 Å². The van der Waals surface area contributed by atoms with Crippen LogP contribution in [0, 0.1) is 12.7 Å². The van der Waals surface area contributed by atoms with Crippen LogP contribution in [0.1, 0.15) is 11.1 Å². The highest BCUT2D eigenvalue weighted by Gasteiger charge is 2.15. The van der Waals surface area contributed by atoms with Crippen molar-refractivity contribution in [2.75, 3.05) is 0 Å². The molecule has 2 heterocycles. The third-order valence-electron chi connectivity index (χ3n) is 4.73. The number of aromatic nitrogens is 4. The molecule has 4 rings (SSSR count). The maximum absolute atomic E-state index is 13.3. The molecular weight excluding hydrogens is 395 g/mol. The van der Waals surface area contributed by atoms with E-state index in [1.165, 1.54) is 22.9 Å². The Morgan fingerprint density at radius 3 is 2.52 bits per heavy atom. The van der Waals surface area contributed by atoms with Gasteiger partial charge in [0, 0.05) is 23.8 Å². The molecule has 2 aromatic carbocycles. The number of benzene rings is 2. The molecule has 4 aromatic rings. The van der Waals surface area contributed by atoms with Crippen molar-refractivity contribution in [3.05, 3.63) is 91.5 Å². The van der Waals surface area contributed by atoms with Crippen LogP contribution in [0.4, 0.5) is 4.39 Å². The van der Waals surface area contributed by atoms with Crippen molar-refractivity contribution in [1.82, 2.24) is 19.1 Å². The highest BCUT2D eigenvalue weighted by atomic mass is 35.5. The van der Waals surface area contributed by atoms with Gasteiger partial charge in [-0.05, 0) is 24.6 Å². The van der Waals surface area contributed by atoms with Gasteiger partial charge in [-0.25, -0.2) is 19.2 Å². The fraction of sp³-hybridized carbons (Fsp3) is 0.143. The van der Waals surface area contributed by atoms with Gasteiger partial charge in [-0.2, -0.15) is 0 Å². The molecular formula is C21H16ClFN4O2. The number of nitrogens with zero attached hydrogens (tertiary/aromatic N) is 4. The molecule has 0 N–H and O–H groups in total. The molecule has 0 atom stereocenters. The van der Waals surface area contributed by atoms with Crippen LogP contribution in [-0.2, 0) is 13.6 Å². The van der Waals surface area contributed by atoms with E-state index in [-0.39, 0.29) is 22.6 Å². The van der Waals surface area contributed by atoms with E-state index >= 15 is 0 Å². The fourth-order valence-electron chi connectivity index (χ4n) is 3.08. The Morgan fingerprint density at radius 2 is 1.83 bits per heavy atom. The minimum Gasteiger partial charge on any atom is -0.280 e. The van der Waals surface area contributed by atoms with E-state index in [1.54, 1.807) is 7.05 Å². The lowest BCUT2D eigenvalue weighted by Gasteiger charge is -2.12. The zero-order valence-electron chi connectivity index (χ0n) is 15.7.